The minimum atomic E-state index is -0.495. The Balaban J connectivity index is 2.52. The van der Waals surface area contributed by atoms with Gasteiger partial charge in [0.25, 0.3) is 0 Å². The van der Waals surface area contributed by atoms with E-state index in [1.54, 1.807) is 13.0 Å². The van der Waals surface area contributed by atoms with Crippen LogP contribution in [0.2, 0.25) is 10.0 Å². The number of hydrogen-bond acceptors (Lipinski definition) is 3. The lowest BCUT2D eigenvalue weighted by Gasteiger charge is -2.13. The number of benzene rings is 1. The number of rotatable bonds is 6. The first-order valence-corrected chi connectivity index (χ1v) is 7.99. The van der Waals surface area contributed by atoms with E-state index in [1.807, 2.05) is 13.8 Å². The summed E-state index contributed by atoms with van der Waals surface area (Å²) in [6.07, 6.45) is 0.171. The minimum Gasteiger partial charge on any atom is -0.489 e. The Morgan fingerprint density at radius 2 is 2.00 bits per heavy atom. The zero-order chi connectivity index (χ0) is 17.1. The molecule has 2 rings (SSSR count). The van der Waals surface area contributed by atoms with Crippen LogP contribution in [0, 0.1) is 6.92 Å². The van der Waals surface area contributed by atoms with Gasteiger partial charge in [0.2, 0.25) is 0 Å². The van der Waals surface area contributed by atoms with Gasteiger partial charge < -0.3 is 4.74 Å². The molecule has 2 aromatic rings. The maximum absolute atomic E-state index is 12.5. The topological polar surface area (TPSA) is 49.1 Å². The molecule has 23 heavy (non-hydrogen) atoms. The van der Waals surface area contributed by atoms with E-state index >= 15 is 0 Å². The normalized spacial score (nSPS) is 11.3. The van der Waals surface area contributed by atoms with Crippen LogP contribution in [0.5, 0.6) is 5.75 Å². The van der Waals surface area contributed by atoms with Gasteiger partial charge in [0.05, 0.1) is 28.5 Å². The molecule has 0 bridgehead atoms. The lowest BCUT2D eigenvalue weighted by Crippen LogP contribution is -2.24. The summed E-state index contributed by atoms with van der Waals surface area (Å²) in [7, 11) is 0. The van der Waals surface area contributed by atoms with Crippen molar-refractivity contribution < 1.29 is 9.13 Å². The van der Waals surface area contributed by atoms with Crippen LogP contribution in [0.4, 0.5) is 4.39 Å². The summed E-state index contributed by atoms with van der Waals surface area (Å²) in [5.74, 6) is 0.907. The van der Waals surface area contributed by atoms with Gasteiger partial charge in [-0.25, -0.2) is 4.79 Å². The van der Waals surface area contributed by atoms with Crippen molar-refractivity contribution in [1.29, 1.82) is 0 Å². The smallest absolute Gasteiger partial charge is 0.350 e. The van der Waals surface area contributed by atoms with Crippen molar-refractivity contribution in [2.24, 2.45) is 0 Å². The van der Waals surface area contributed by atoms with Gasteiger partial charge in [-0.2, -0.15) is 9.78 Å². The summed E-state index contributed by atoms with van der Waals surface area (Å²) in [4.78, 5) is 12.5. The summed E-state index contributed by atoms with van der Waals surface area (Å²) in [6, 6.07) is 3.09. The molecular weight excluding hydrogens is 344 g/mol. The molecule has 0 aliphatic carbocycles. The van der Waals surface area contributed by atoms with Crippen LogP contribution in [-0.4, -0.2) is 27.1 Å². The third kappa shape index (κ3) is 3.87. The minimum absolute atomic E-state index is 0.0814. The lowest BCUT2D eigenvalue weighted by atomic mass is 10.3. The lowest BCUT2D eigenvalue weighted by molar-refractivity contribution is 0.242. The van der Waals surface area contributed by atoms with Gasteiger partial charge in [0, 0.05) is 12.6 Å². The van der Waals surface area contributed by atoms with Gasteiger partial charge in [0.1, 0.15) is 11.6 Å². The van der Waals surface area contributed by atoms with Crippen LogP contribution >= 0.6 is 23.2 Å². The molecule has 1 heterocycles. The van der Waals surface area contributed by atoms with Crippen LogP contribution < -0.4 is 10.4 Å². The standard InChI is InChI=1S/C15H18Cl2FN3O2/c1-9(2)23-14-8-13(11(16)7-12(14)17)21-15(22)20(6-4-5-18)10(3)19-21/h7-9H,4-6H2,1-3H3. The van der Waals surface area contributed by atoms with Crippen molar-refractivity contribution in [3.63, 3.8) is 0 Å². The molecule has 0 spiro atoms. The average Bonchev–Trinajstić information content (AvgIpc) is 2.74. The number of nitrogens with zero attached hydrogens (tertiary/aromatic N) is 3. The van der Waals surface area contributed by atoms with E-state index in [0.29, 0.717) is 22.3 Å². The second-order valence-electron chi connectivity index (χ2n) is 5.34. The molecule has 0 amide bonds. The molecule has 126 valence electrons. The van der Waals surface area contributed by atoms with Crippen LogP contribution in [0.1, 0.15) is 26.1 Å². The second kappa shape index (κ2) is 7.36. The number of ether oxygens (including phenoxy) is 1. The predicted molar refractivity (Wildman–Crippen MR) is 88.9 cm³/mol. The molecule has 8 heteroatoms. The molecule has 0 aliphatic rings. The van der Waals surface area contributed by atoms with Gasteiger partial charge in [-0.1, -0.05) is 23.2 Å². The fourth-order valence-electron chi connectivity index (χ4n) is 2.15. The Labute approximate surface area is 143 Å². The first-order chi connectivity index (χ1) is 10.8. The number of aryl methyl sites for hydroxylation is 1. The van der Waals surface area contributed by atoms with Gasteiger partial charge >= 0.3 is 5.69 Å². The summed E-state index contributed by atoms with van der Waals surface area (Å²) >= 11 is 12.3. The number of aromatic nitrogens is 3. The summed E-state index contributed by atoms with van der Waals surface area (Å²) in [5.41, 5.74) is -0.00511. The average molecular weight is 362 g/mol. The van der Waals surface area contributed by atoms with Crippen molar-refractivity contribution in [3.8, 4) is 11.4 Å². The van der Waals surface area contributed by atoms with E-state index in [-0.39, 0.29) is 29.8 Å². The molecule has 0 saturated heterocycles. The molecule has 1 aromatic heterocycles. The van der Waals surface area contributed by atoms with Crippen LogP contribution in [0.3, 0.4) is 0 Å². The van der Waals surface area contributed by atoms with E-state index in [4.69, 9.17) is 27.9 Å². The van der Waals surface area contributed by atoms with Gasteiger partial charge in [-0.15, -0.1) is 0 Å². The molecule has 0 atom stereocenters. The monoisotopic (exact) mass is 361 g/mol. The van der Waals surface area contributed by atoms with Gasteiger partial charge in [-0.3, -0.25) is 8.96 Å². The maximum Gasteiger partial charge on any atom is 0.350 e. The number of hydrogen-bond donors (Lipinski definition) is 0. The second-order valence-corrected chi connectivity index (χ2v) is 6.15. The highest BCUT2D eigenvalue weighted by molar-refractivity contribution is 6.36. The molecule has 0 fully saturated rings. The molecule has 1 aromatic carbocycles. The van der Waals surface area contributed by atoms with E-state index < -0.39 is 6.67 Å². The highest BCUT2D eigenvalue weighted by Crippen LogP contribution is 2.33. The van der Waals surface area contributed by atoms with Crippen LogP contribution in [-0.2, 0) is 6.54 Å². The van der Waals surface area contributed by atoms with E-state index in [2.05, 4.69) is 5.10 Å². The Kier molecular flexibility index (Phi) is 5.70. The number of alkyl halides is 1. The first kappa shape index (κ1) is 17.8. The third-order valence-corrected chi connectivity index (χ3v) is 3.75. The van der Waals surface area contributed by atoms with Gasteiger partial charge in [0.15, 0.2) is 0 Å². The van der Waals surface area contributed by atoms with E-state index in [1.165, 1.54) is 15.3 Å². The molecule has 0 N–H and O–H groups in total. The number of halogens is 3. The highest BCUT2D eigenvalue weighted by Gasteiger charge is 2.17. The summed E-state index contributed by atoms with van der Waals surface area (Å²) < 4.78 is 20.6. The van der Waals surface area contributed by atoms with Crippen molar-refractivity contribution >= 4 is 23.2 Å². The van der Waals surface area contributed by atoms with Crippen molar-refractivity contribution in [2.45, 2.75) is 39.8 Å². The van der Waals surface area contributed by atoms with Crippen molar-refractivity contribution in [1.82, 2.24) is 14.3 Å². The van der Waals surface area contributed by atoms with Gasteiger partial charge in [-0.05, 0) is 33.3 Å². The maximum atomic E-state index is 12.5. The van der Waals surface area contributed by atoms with Crippen molar-refractivity contribution in [3.05, 3.63) is 38.5 Å². The van der Waals surface area contributed by atoms with Crippen LogP contribution in [0.15, 0.2) is 16.9 Å². The predicted octanol–water partition coefficient (Wildman–Crippen LogP) is 3.80. The quantitative estimate of drug-likeness (QED) is 0.786. The van der Waals surface area contributed by atoms with E-state index in [9.17, 15) is 9.18 Å². The Morgan fingerprint density at radius 1 is 1.30 bits per heavy atom. The largest absolute Gasteiger partial charge is 0.489 e. The Hall–Kier alpha value is -1.53. The SMILES string of the molecule is Cc1nn(-c2cc(OC(C)C)c(Cl)cc2Cl)c(=O)n1CCCF. The van der Waals surface area contributed by atoms with E-state index in [0.717, 1.165) is 0 Å². The molecule has 0 aliphatic heterocycles. The summed E-state index contributed by atoms with van der Waals surface area (Å²) in [6.45, 7) is 5.19. The molecule has 0 unspecified atom stereocenters. The van der Waals surface area contributed by atoms with Crippen LogP contribution in [0.25, 0.3) is 5.69 Å². The van der Waals surface area contributed by atoms with Crippen molar-refractivity contribution in [2.75, 3.05) is 6.67 Å². The molecule has 0 radical (unpaired) electrons. The Morgan fingerprint density at radius 3 is 2.61 bits per heavy atom. The fraction of sp³-hybridized carbons (Fsp3) is 0.467. The molecular formula is C15H18Cl2FN3O2. The zero-order valence-electron chi connectivity index (χ0n) is 13.1. The molecule has 0 saturated carbocycles. The first-order valence-electron chi connectivity index (χ1n) is 7.23. The third-order valence-electron chi connectivity index (χ3n) is 3.15. The zero-order valence-corrected chi connectivity index (χ0v) is 14.7. The fourth-order valence-corrected chi connectivity index (χ4v) is 2.66. The molecule has 5 nitrogen and oxygen atoms in total. The summed E-state index contributed by atoms with van der Waals surface area (Å²) in [5, 5.41) is 4.84. The Bertz CT molecular complexity index is 756. The highest BCUT2D eigenvalue weighted by atomic mass is 35.5.